The van der Waals surface area contributed by atoms with Crippen LogP contribution in [0.5, 0.6) is 11.5 Å². The predicted octanol–water partition coefficient (Wildman–Crippen LogP) is 5.81. The number of rotatable bonds is 9. The van der Waals surface area contributed by atoms with Crippen molar-refractivity contribution in [3.05, 3.63) is 106 Å². The first-order valence-electron chi connectivity index (χ1n) is 11.9. The number of nitrogens with zero attached hydrogens (tertiary/aromatic N) is 3. The minimum Gasteiger partial charge on any atom is -0.493 e. The molecule has 196 valence electrons. The first-order chi connectivity index (χ1) is 18.8. The smallest absolute Gasteiger partial charge is 0.335 e. The molecule has 4 rings (SSSR count). The zero-order valence-electron chi connectivity index (χ0n) is 21.4. The minimum atomic E-state index is -1.05. The molecule has 0 radical (unpaired) electrons. The van der Waals surface area contributed by atoms with Crippen LogP contribution < -0.4 is 9.47 Å². The van der Waals surface area contributed by atoms with Gasteiger partial charge >= 0.3 is 5.97 Å². The van der Waals surface area contributed by atoms with E-state index >= 15 is 0 Å². The highest BCUT2D eigenvalue weighted by atomic mass is 32.2. The Hall–Kier alpha value is -4.81. The van der Waals surface area contributed by atoms with E-state index in [9.17, 15) is 20.0 Å². The molecule has 1 saturated heterocycles. The number of allylic oxidation sites excluding steroid dienone is 1. The summed E-state index contributed by atoms with van der Waals surface area (Å²) in [6.07, 6.45) is 4.00. The molecule has 3 aromatic carbocycles. The van der Waals surface area contributed by atoms with Crippen LogP contribution in [0.1, 0.15) is 32.6 Å². The summed E-state index contributed by atoms with van der Waals surface area (Å²) in [6, 6.07) is 19.3. The number of ether oxygens (including phenoxy) is 2. The van der Waals surface area contributed by atoms with Gasteiger partial charge in [-0.25, -0.2) is 9.79 Å². The molecule has 8 nitrogen and oxygen atoms in total. The first-order valence-corrected chi connectivity index (χ1v) is 12.7. The molecule has 1 amide bonds. The van der Waals surface area contributed by atoms with Gasteiger partial charge in [-0.15, -0.1) is 6.58 Å². The number of carboxylic acids is 1. The van der Waals surface area contributed by atoms with Gasteiger partial charge in [0.1, 0.15) is 6.61 Å². The molecule has 1 aliphatic rings. The van der Waals surface area contributed by atoms with Gasteiger partial charge in [0.25, 0.3) is 5.91 Å². The highest BCUT2D eigenvalue weighted by Gasteiger charge is 2.30. The second-order valence-corrected chi connectivity index (χ2v) is 9.50. The Labute approximate surface area is 230 Å². The fraction of sp³-hybridized carbons (Fsp3) is 0.133. The van der Waals surface area contributed by atoms with Crippen molar-refractivity contribution in [2.75, 3.05) is 14.2 Å². The van der Waals surface area contributed by atoms with Crippen molar-refractivity contribution in [2.24, 2.45) is 4.99 Å². The number of aromatic carboxylic acids is 1. The molecule has 1 heterocycles. The molecular formula is C30H25N3O5S. The number of carbonyl (C=O) groups is 2. The monoisotopic (exact) mass is 539 g/mol. The molecule has 0 atom stereocenters. The fourth-order valence-electron chi connectivity index (χ4n) is 3.92. The second-order valence-electron chi connectivity index (χ2n) is 8.49. The standard InChI is InChI=1S/C30H25N3O5S/c1-4-8-20-13-19(14-25(37-3)27(20)38-18-23-10-6-5-9-22(23)17-31)15-26-28(34)33(2)30(39-26)32-24-12-7-11-21(16-24)29(35)36/h4-7,9-16H,1,8,18H2,2-3H3,(H,35,36). The van der Waals surface area contributed by atoms with Crippen molar-refractivity contribution in [1.82, 2.24) is 4.90 Å². The number of hydrogen-bond donors (Lipinski definition) is 1. The van der Waals surface area contributed by atoms with Crippen molar-refractivity contribution in [3.63, 3.8) is 0 Å². The normalized spacial score (nSPS) is 14.9. The summed E-state index contributed by atoms with van der Waals surface area (Å²) < 4.78 is 11.8. The Morgan fingerprint density at radius 1 is 1.18 bits per heavy atom. The summed E-state index contributed by atoms with van der Waals surface area (Å²) in [5.74, 6) is -0.257. The van der Waals surface area contributed by atoms with Crippen molar-refractivity contribution >= 4 is 40.6 Å². The molecule has 0 bridgehead atoms. The van der Waals surface area contributed by atoms with Crippen LogP contribution in [-0.2, 0) is 17.8 Å². The molecule has 1 N–H and O–H groups in total. The van der Waals surface area contributed by atoms with Crippen LogP contribution in [0.25, 0.3) is 6.08 Å². The van der Waals surface area contributed by atoms with Crippen molar-refractivity contribution in [3.8, 4) is 17.6 Å². The molecule has 39 heavy (non-hydrogen) atoms. The van der Waals surface area contributed by atoms with E-state index in [2.05, 4.69) is 17.6 Å². The Morgan fingerprint density at radius 3 is 2.69 bits per heavy atom. The van der Waals surface area contributed by atoms with Gasteiger partial charge in [0.05, 0.1) is 34.9 Å². The lowest BCUT2D eigenvalue weighted by molar-refractivity contribution is -0.121. The third-order valence-corrected chi connectivity index (χ3v) is 6.93. The SMILES string of the molecule is C=CCc1cc(C=C2SC(=Nc3cccc(C(=O)O)c3)N(C)C2=O)cc(OC)c1OCc1ccccc1C#N. The first kappa shape index (κ1) is 27.2. The van der Waals surface area contributed by atoms with Gasteiger partial charge in [-0.1, -0.05) is 30.3 Å². The van der Waals surface area contributed by atoms with E-state index in [0.717, 1.165) is 16.7 Å². The maximum absolute atomic E-state index is 13.0. The lowest BCUT2D eigenvalue weighted by atomic mass is 10.0. The number of nitriles is 1. The van der Waals surface area contributed by atoms with E-state index < -0.39 is 5.97 Å². The summed E-state index contributed by atoms with van der Waals surface area (Å²) in [6.45, 7) is 4.04. The Balaban J connectivity index is 1.64. The average Bonchev–Trinajstić information content (AvgIpc) is 3.20. The number of thioether (sulfide) groups is 1. The molecular weight excluding hydrogens is 514 g/mol. The number of amides is 1. The van der Waals surface area contributed by atoms with Crippen LogP contribution >= 0.6 is 11.8 Å². The summed E-state index contributed by atoms with van der Waals surface area (Å²) in [5, 5.41) is 19.1. The quantitative estimate of drug-likeness (QED) is 0.270. The van der Waals surface area contributed by atoms with E-state index in [1.54, 1.807) is 56.6 Å². The Morgan fingerprint density at radius 2 is 1.97 bits per heavy atom. The molecule has 9 heteroatoms. The van der Waals surface area contributed by atoms with Gasteiger partial charge in [-0.05, 0) is 66.2 Å². The van der Waals surface area contributed by atoms with Gasteiger partial charge in [-0.3, -0.25) is 9.69 Å². The third-order valence-electron chi connectivity index (χ3n) is 5.87. The van der Waals surface area contributed by atoms with Crippen molar-refractivity contribution < 1.29 is 24.2 Å². The highest BCUT2D eigenvalue weighted by molar-refractivity contribution is 8.18. The molecule has 0 unspecified atom stereocenters. The van der Waals surface area contributed by atoms with Crippen LogP contribution in [0.4, 0.5) is 5.69 Å². The number of hydrogen-bond acceptors (Lipinski definition) is 7. The summed E-state index contributed by atoms with van der Waals surface area (Å²) >= 11 is 1.20. The largest absolute Gasteiger partial charge is 0.493 e. The second kappa shape index (κ2) is 12.2. The molecule has 0 aromatic heterocycles. The highest BCUT2D eigenvalue weighted by Crippen LogP contribution is 2.38. The van der Waals surface area contributed by atoms with E-state index in [0.29, 0.717) is 39.2 Å². The number of methoxy groups -OCH3 is 1. The van der Waals surface area contributed by atoms with Crippen molar-refractivity contribution in [2.45, 2.75) is 13.0 Å². The van der Waals surface area contributed by atoms with Crippen LogP contribution in [0.3, 0.4) is 0 Å². The summed E-state index contributed by atoms with van der Waals surface area (Å²) in [5.41, 5.74) is 3.39. The van der Waals surface area contributed by atoms with E-state index in [4.69, 9.17) is 9.47 Å². The molecule has 1 fully saturated rings. The number of benzene rings is 3. The van der Waals surface area contributed by atoms with Gasteiger partial charge in [0.15, 0.2) is 16.7 Å². The Kier molecular flexibility index (Phi) is 8.49. The number of likely N-dealkylation sites (N-methyl/N-ethyl adjacent to an activating group) is 1. The fourth-order valence-corrected chi connectivity index (χ4v) is 4.90. The third kappa shape index (κ3) is 6.20. The zero-order chi connectivity index (χ0) is 27.9. The summed E-state index contributed by atoms with van der Waals surface area (Å²) in [7, 11) is 3.16. The lowest BCUT2D eigenvalue weighted by Crippen LogP contribution is -2.23. The number of carboxylic acid groups (broad SMARTS) is 1. The van der Waals surface area contributed by atoms with Gasteiger partial charge < -0.3 is 14.6 Å². The van der Waals surface area contributed by atoms with Crippen LogP contribution in [0, 0.1) is 11.3 Å². The van der Waals surface area contributed by atoms with Crippen LogP contribution in [0.15, 0.2) is 83.2 Å². The maximum atomic E-state index is 13.0. The molecule has 3 aromatic rings. The van der Waals surface area contributed by atoms with Crippen molar-refractivity contribution in [1.29, 1.82) is 5.26 Å². The molecule has 0 saturated carbocycles. The topological polar surface area (TPSA) is 112 Å². The van der Waals surface area contributed by atoms with E-state index in [1.807, 2.05) is 18.2 Å². The summed E-state index contributed by atoms with van der Waals surface area (Å²) in [4.78, 5) is 30.7. The number of carbonyl (C=O) groups excluding carboxylic acids is 1. The maximum Gasteiger partial charge on any atom is 0.335 e. The predicted molar refractivity (Wildman–Crippen MR) is 151 cm³/mol. The zero-order valence-corrected chi connectivity index (χ0v) is 22.2. The molecule has 0 spiro atoms. The van der Waals surface area contributed by atoms with Gasteiger partial charge in [-0.2, -0.15) is 5.26 Å². The van der Waals surface area contributed by atoms with E-state index in [-0.39, 0.29) is 18.1 Å². The minimum absolute atomic E-state index is 0.116. The van der Waals surface area contributed by atoms with Crippen LogP contribution in [0.2, 0.25) is 0 Å². The molecule has 0 aliphatic carbocycles. The van der Waals surface area contributed by atoms with Gasteiger partial charge in [0.2, 0.25) is 0 Å². The number of amidine groups is 1. The number of aliphatic imine (C=N–C) groups is 1. The average molecular weight is 540 g/mol. The molecule has 1 aliphatic heterocycles. The van der Waals surface area contributed by atoms with E-state index in [1.165, 1.54) is 28.8 Å². The Bertz CT molecular complexity index is 1550. The van der Waals surface area contributed by atoms with Gasteiger partial charge in [0, 0.05) is 18.2 Å². The van der Waals surface area contributed by atoms with Crippen LogP contribution in [-0.4, -0.2) is 41.2 Å². The lowest BCUT2D eigenvalue weighted by Gasteiger charge is -2.16.